The Labute approximate surface area is 139 Å². The minimum absolute atomic E-state index is 0.0331. The Morgan fingerprint density at radius 3 is 2.83 bits per heavy atom. The van der Waals surface area contributed by atoms with Crippen LogP contribution in [0.4, 0.5) is 15.8 Å². The number of rotatable bonds is 5. The van der Waals surface area contributed by atoms with Crippen molar-refractivity contribution < 1.29 is 18.7 Å². The highest BCUT2D eigenvalue weighted by Crippen LogP contribution is 2.30. The van der Waals surface area contributed by atoms with Crippen molar-refractivity contribution in [3.63, 3.8) is 0 Å². The molecule has 3 rings (SSSR count). The van der Waals surface area contributed by atoms with Crippen LogP contribution in [0, 0.1) is 5.82 Å². The van der Waals surface area contributed by atoms with Gasteiger partial charge in [-0.15, -0.1) is 0 Å². The van der Waals surface area contributed by atoms with E-state index in [2.05, 4.69) is 5.32 Å². The zero-order chi connectivity index (χ0) is 17.1. The minimum Gasteiger partial charge on any atom is -0.481 e. The lowest BCUT2D eigenvalue weighted by atomic mass is 10.1. The molecule has 2 aromatic carbocycles. The molecule has 0 unspecified atom stereocenters. The molecule has 2 aromatic rings. The fourth-order valence-electron chi connectivity index (χ4n) is 2.71. The summed E-state index contributed by atoms with van der Waals surface area (Å²) in [6.45, 7) is 2.24. The van der Waals surface area contributed by atoms with Crippen LogP contribution in [-0.2, 0) is 16.0 Å². The molecule has 1 N–H and O–H groups in total. The monoisotopic (exact) mass is 328 g/mol. The molecule has 0 fully saturated rings. The van der Waals surface area contributed by atoms with Gasteiger partial charge in [-0.25, -0.2) is 4.39 Å². The first-order valence-corrected chi connectivity index (χ1v) is 7.69. The van der Waals surface area contributed by atoms with E-state index in [1.54, 1.807) is 29.2 Å². The Hall–Kier alpha value is -2.89. The number of amides is 2. The molecular formula is C18H17FN2O3. The molecule has 1 aliphatic heterocycles. The second kappa shape index (κ2) is 6.70. The van der Waals surface area contributed by atoms with Crippen molar-refractivity contribution in [1.29, 1.82) is 0 Å². The van der Waals surface area contributed by atoms with Crippen molar-refractivity contribution in [2.45, 2.75) is 13.3 Å². The van der Waals surface area contributed by atoms with Crippen LogP contribution in [-0.4, -0.2) is 25.0 Å². The molecule has 124 valence electrons. The van der Waals surface area contributed by atoms with E-state index >= 15 is 0 Å². The Balaban J connectivity index is 1.63. The van der Waals surface area contributed by atoms with Crippen LogP contribution >= 0.6 is 0 Å². The number of nitrogens with zero attached hydrogens (tertiary/aromatic N) is 1. The second-order valence-corrected chi connectivity index (χ2v) is 5.43. The van der Waals surface area contributed by atoms with E-state index in [0.717, 1.165) is 11.3 Å². The van der Waals surface area contributed by atoms with Gasteiger partial charge in [0, 0.05) is 17.9 Å². The molecule has 6 heteroatoms. The van der Waals surface area contributed by atoms with Crippen molar-refractivity contribution in [1.82, 2.24) is 0 Å². The van der Waals surface area contributed by atoms with E-state index < -0.39 is 11.7 Å². The van der Waals surface area contributed by atoms with Crippen LogP contribution in [0.25, 0.3) is 0 Å². The Morgan fingerprint density at radius 1 is 1.29 bits per heavy atom. The number of nitrogens with one attached hydrogen (secondary N) is 1. The van der Waals surface area contributed by atoms with Crippen molar-refractivity contribution in [2.75, 3.05) is 23.4 Å². The van der Waals surface area contributed by atoms with Gasteiger partial charge in [0.15, 0.2) is 18.2 Å². The summed E-state index contributed by atoms with van der Waals surface area (Å²) in [5.74, 6) is -0.819. The summed E-state index contributed by atoms with van der Waals surface area (Å²) < 4.78 is 18.6. The summed E-state index contributed by atoms with van der Waals surface area (Å²) in [5, 5.41) is 2.69. The molecule has 0 radical (unpaired) electrons. The van der Waals surface area contributed by atoms with E-state index in [1.165, 1.54) is 12.1 Å². The predicted molar refractivity (Wildman–Crippen MR) is 88.7 cm³/mol. The third-order valence-corrected chi connectivity index (χ3v) is 3.81. The highest BCUT2D eigenvalue weighted by Gasteiger charge is 2.25. The molecule has 0 saturated heterocycles. The molecule has 24 heavy (non-hydrogen) atoms. The molecule has 0 spiro atoms. The standard InChI is InChI=1S/C18H17FN2O3/c1-2-21-15-8-7-13(9-12(15)10-18(21)23)20-17(22)11-24-16-6-4-3-5-14(16)19/h3-9H,2,10-11H2,1H3,(H,20,22). The number of carbonyl (C=O) groups excluding carboxylic acids is 2. The molecule has 1 aliphatic rings. The van der Waals surface area contributed by atoms with Crippen molar-refractivity contribution in [3.05, 3.63) is 53.8 Å². The normalized spacial score (nSPS) is 12.9. The smallest absolute Gasteiger partial charge is 0.262 e. The first kappa shape index (κ1) is 16.0. The molecule has 0 aromatic heterocycles. The number of halogens is 1. The highest BCUT2D eigenvalue weighted by atomic mass is 19.1. The third kappa shape index (κ3) is 3.22. The molecule has 0 atom stereocenters. The van der Waals surface area contributed by atoms with Gasteiger partial charge >= 0.3 is 0 Å². The number of ether oxygens (including phenoxy) is 1. The number of hydrogen-bond donors (Lipinski definition) is 1. The molecule has 0 saturated carbocycles. The SMILES string of the molecule is CCN1C(=O)Cc2cc(NC(=O)COc3ccccc3F)ccc21. The predicted octanol–water partition coefficient (Wildman–Crippen LogP) is 2.75. The van der Waals surface area contributed by atoms with Gasteiger partial charge in [0.05, 0.1) is 6.42 Å². The maximum atomic E-state index is 13.4. The lowest BCUT2D eigenvalue weighted by molar-refractivity contribution is -0.118. The van der Waals surface area contributed by atoms with Gasteiger partial charge in [-0.3, -0.25) is 9.59 Å². The number of fused-ring (bicyclic) bond motifs is 1. The van der Waals surface area contributed by atoms with Gasteiger partial charge in [0.2, 0.25) is 5.91 Å². The van der Waals surface area contributed by atoms with Gasteiger partial charge < -0.3 is 15.0 Å². The highest BCUT2D eigenvalue weighted by molar-refractivity contribution is 6.02. The Bertz CT molecular complexity index is 792. The lowest BCUT2D eigenvalue weighted by Crippen LogP contribution is -2.25. The zero-order valence-corrected chi connectivity index (χ0v) is 13.2. The zero-order valence-electron chi connectivity index (χ0n) is 13.2. The molecule has 0 bridgehead atoms. The molecular weight excluding hydrogens is 311 g/mol. The third-order valence-electron chi connectivity index (χ3n) is 3.81. The van der Waals surface area contributed by atoms with E-state index in [-0.39, 0.29) is 18.3 Å². The van der Waals surface area contributed by atoms with Crippen molar-refractivity contribution in [3.8, 4) is 5.75 Å². The van der Waals surface area contributed by atoms with Crippen LogP contribution < -0.4 is 15.0 Å². The number of benzene rings is 2. The van der Waals surface area contributed by atoms with Crippen LogP contribution in [0.1, 0.15) is 12.5 Å². The van der Waals surface area contributed by atoms with Gasteiger partial charge in [-0.2, -0.15) is 0 Å². The Kier molecular flexibility index (Phi) is 4.46. The van der Waals surface area contributed by atoms with Gasteiger partial charge in [0.1, 0.15) is 0 Å². The quantitative estimate of drug-likeness (QED) is 0.918. The summed E-state index contributed by atoms with van der Waals surface area (Å²) in [4.78, 5) is 25.5. The number of carbonyl (C=O) groups is 2. The average molecular weight is 328 g/mol. The van der Waals surface area contributed by atoms with Gasteiger partial charge in [-0.1, -0.05) is 12.1 Å². The van der Waals surface area contributed by atoms with Gasteiger partial charge in [-0.05, 0) is 42.8 Å². The number of anilines is 2. The first-order chi connectivity index (χ1) is 11.6. The average Bonchev–Trinajstić information content (AvgIpc) is 2.88. The first-order valence-electron chi connectivity index (χ1n) is 7.69. The molecule has 5 nitrogen and oxygen atoms in total. The van der Waals surface area contributed by atoms with Gasteiger partial charge in [0.25, 0.3) is 5.91 Å². The van der Waals surface area contributed by atoms with Crippen LogP contribution in [0.3, 0.4) is 0 Å². The number of likely N-dealkylation sites (N-methyl/N-ethyl adjacent to an activating group) is 1. The van der Waals surface area contributed by atoms with Crippen molar-refractivity contribution in [2.24, 2.45) is 0 Å². The Morgan fingerprint density at radius 2 is 2.08 bits per heavy atom. The fourth-order valence-corrected chi connectivity index (χ4v) is 2.71. The minimum atomic E-state index is -0.513. The summed E-state index contributed by atoms with van der Waals surface area (Å²) in [7, 11) is 0. The number of hydrogen-bond acceptors (Lipinski definition) is 3. The summed E-state index contributed by atoms with van der Waals surface area (Å²) in [5.41, 5.74) is 2.35. The van der Waals surface area contributed by atoms with E-state index in [1.807, 2.05) is 13.0 Å². The summed E-state index contributed by atoms with van der Waals surface area (Å²) in [6, 6.07) is 11.2. The maximum absolute atomic E-state index is 13.4. The molecule has 2 amide bonds. The van der Waals surface area contributed by atoms with Crippen LogP contribution in [0.5, 0.6) is 5.75 Å². The van der Waals surface area contributed by atoms with E-state index in [4.69, 9.17) is 4.74 Å². The maximum Gasteiger partial charge on any atom is 0.262 e. The summed E-state index contributed by atoms with van der Waals surface area (Å²) >= 11 is 0. The fraction of sp³-hybridized carbons (Fsp3) is 0.222. The van der Waals surface area contributed by atoms with E-state index in [0.29, 0.717) is 18.7 Å². The van der Waals surface area contributed by atoms with E-state index in [9.17, 15) is 14.0 Å². The summed E-state index contributed by atoms with van der Waals surface area (Å²) in [6.07, 6.45) is 0.332. The second-order valence-electron chi connectivity index (χ2n) is 5.43. The number of para-hydroxylation sites is 1. The largest absolute Gasteiger partial charge is 0.481 e. The lowest BCUT2D eigenvalue weighted by Gasteiger charge is -2.15. The van der Waals surface area contributed by atoms with Crippen LogP contribution in [0.15, 0.2) is 42.5 Å². The van der Waals surface area contributed by atoms with Crippen molar-refractivity contribution >= 4 is 23.2 Å². The topological polar surface area (TPSA) is 58.6 Å². The molecule has 0 aliphatic carbocycles. The molecule has 1 heterocycles. The van der Waals surface area contributed by atoms with Crippen LogP contribution in [0.2, 0.25) is 0 Å².